The van der Waals surface area contributed by atoms with Gasteiger partial charge in [-0.25, -0.2) is 4.98 Å². The summed E-state index contributed by atoms with van der Waals surface area (Å²) < 4.78 is 0. The van der Waals surface area contributed by atoms with Gasteiger partial charge in [0.15, 0.2) is 0 Å². The Morgan fingerprint density at radius 1 is 1.20 bits per heavy atom. The van der Waals surface area contributed by atoms with Crippen molar-refractivity contribution in [3.8, 4) is 6.07 Å². The van der Waals surface area contributed by atoms with Crippen LogP contribution in [0.3, 0.4) is 0 Å². The zero-order valence-corrected chi connectivity index (χ0v) is 10.5. The maximum absolute atomic E-state index is 10.3. The van der Waals surface area contributed by atoms with Crippen LogP contribution in [-0.4, -0.2) is 15.1 Å². The van der Waals surface area contributed by atoms with Gasteiger partial charge in [0, 0.05) is 5.69 Å². The monoisotopic (exact) mass is 264 g/mol. The number of fused-ring (bicyclic) bond motifs is 1. The number of hydrogen-bond acceptors (Lipinski definition) is 4. The summed E-state index contributed by atoms with van der Waals surface area (Å²) in [5.74, 6) is 0.454. The molecule has 20 heavy (non-hydrogen) atoms. The van der Waals surface area contributed by atoms with E-state index in [0.717, 1.165) is 11.0 Å². The number of nitrogens with one attached hydrogen (secondary N) is 1. The summed E-state index contributed by atoms with van der Waals surface area (Å²) in [4.78, 5) is 7.40. The fourth-order valence-corrected chi connectivity index (χ4v) is 2.07. The van der Waals surface area contributed by atoms with Gasteiger partial charge in [-0.05, 0) is 35.9 Å². The minimum absolute atomic E-state index is 0.454. The summed E-state index contributed by atoms with van der Waals surface area (Å²) in [6, 6.07) is 14.1. The Labute approximate surface area is 115 Å². The predicted molar refractivity (Wildman–Crippen MR) is 75.7 cm³/mol. The Hall–Kier alpha value is -2.84. The number of aromatic amines is 1. The molecule has 5 heteroatoms. The highest BCUT2D eigenvalue weighted by molar-refractivity contribution is 5.78. The van der Waals surface area contributed by atoms with Crippen molar-refractivity contribution in [1.29, 1.82) is 5.26 Å². The third-order valence-corrected chi connectivity index (χ3v) is 3.14. The van der Waals surface area contributed by atoms with Crippen LogP contribution in [0.4, 0.5) is 5.69 Å². The molecule has 0 aliphatic carbocycles. The van der Waals surface area contributed by atoms with Crippen LogP contribution in [0.5, 0.6) is 0 Å². The van der Waals surface area contributed by atoms with E-state index < -0.39 is 6.10 Å². The van der Waals surface area contributed by atoms with Gasteiger partial charge < -0.3 is 15.8 Å². The highest BCUT2D eigenvalue weighted by Gasteiger charge is 2.15. The molecule has 0 aliphatic rings. The molecule has 98 valence electrons. The van der Waals surface area contributed by atoms with Crippen molar-refractivity contribution >= 4 is 16.7 Å². The number of anilines is 1. The molecule has 0 bridgehead atoms. The highest BCUT2D eigenvalue weighted by Crippen LogP contribution is 2.23. The molecular formula is C15H12N4O. The maximum Gasteiger partial charge on any atom is 0.140 e. The second kappa shape index (κ2) is 4.68. The van der Waals surface area contributed by atoms with Crippen molar-refractivity contribution in [2.24, 2.45) is 0 Å². The fourth-order valence-electron chi connectivity index (χ4n) is 2.07. The third-order valence-electron chi connectivity index (χ3n) is 3.14. The van der Waals surface area contributed by atoms with Crippen LogP contribution >= 0.6 is 0 Å². The zero-order chi connectivity index (χ0) is 14.1. The number of nitriles is 1. The van der Waals surface area contributed by atoms with Crippen LogP contribution < -0.4 is 5.73 Å². The number of H-pyrrole nitrogens is 1. The van der Waals surface area contributed by atoms with Crippen LogP contribution in [0.2, 0.25) is 0 Å². The minimum atomic E-state index is -0.864. The van der Waals surface area contributed by atoms with Crippen LogP contribution in [0.1, 0.15) is 23.1 Å². The first kappa shape index (κ1) is 12.2. The van der Waals surface area contributed by atoms with Gasteiger partial charge in [-0.1, -0.05) is 12.1 Å². The summed E-state index contributed by atoms with van der Waals surface area (Å²) in [5, 5.41) is 19.1. The number of nitrogens with zero attached hydrogens (tertiary/aromatic N) is 2. The lowest BCUT2D eigenvalue weighted by Crippen LogP contribution is -2.01. The quantitative estimate of drug-likeness (QED) is 0.617. The average Bonchev–Trinajstić information content (AvgIpc) is 2.89. The van der Waals surface area contributed by atoms with Crippen molar-refractivity contribution in [3.05, 3.63) is 59.4 Å². The van der Waals surface area contributed by atoms with Crippen molar-refractivity contribution in [3.63, 3.8) is 0 Å². The first-order valence-electron chi connectivity index (χ1n) is 6.10. The maximum atomic E-state index is 10.3. The molecule has 0 aliphatic heterocycles. The van der Waals surface area contributed by atoms with Crippen LogP contribution in [-0.2, 0) is 0 Å². The molecule has 1 unspecified atom stereocenters. The number of rotatable bonds is 2. The molecule has 4 N–H and O–H groups in total. The largest absolute Gasteiger partial charge is 0.399 e. The van der Waals surface area contributed by atoms with E-state index in [2.05, 4.69) is 9.97 Å². The fraction of sp³-hybridized carbons (Fsp3) is 0.0667. The van der Waals surface area contributed by atoms with Crippen molar-refractivity contribution in [2.75, 3.05) is 5.73 Å². The molecule has 1 heterocycles. The summed E-state index contributed by atoms with van der Waals surface area (Å²) >= 11 is 0. The number of nitrogen functional groups attached to an aromatic ring is 1. The lowest BCUT2D eigenvalue weighted by atomic mass is 10.1. The number of aromatic nitrogens is 2. The molecule has 3 aromatic rings. The van der Waals surface area contributed by atoms with E-state index in [-0.39, 0.29) is 0 Å². The van der Waals surface area contributed by atoms with Crippen molar-refractivity contribution in [2.45, 2.75) is 6.10 Å². The minimum Gasteiger partial charge on any atom is -0.399 e. The standard InChI is InChI=1S/C15H12N4O/c16-8-9-1-3-10(4-2-9)14(20)15-18-12-6-5-11(17)7-13(12)19-15/h1-7,14,20H,17H2,(H,18,19). The average molecular weight is 264 g/mol. The van der Waals surface area contributed by atoms with E-state index in [1.54, 1.807) is 42.5 Å². The molecule has 1 atom stereocenters. The van der Waals surface area contributed by atoms with E-state index in [4.69, 9.17) is 11.0 Å². The second-order valence-corrected chi connectivity index (χ2v) is 4.53. The molecule has 0 spiro atoms. The molecule has 0 fully saturated rings. The number of imidazole rings is 1. The Balaban J connectivity index is 1.98. The van der Waals surface area contributed by atoms with Gasteiger partial charge in [0.25, 0.3) is 0 Å². The lowest BCUT2D eigenvalue weighted by molar-refractivity contribution is 0.211. The SMILES string of the molecule is N#Cc1ccc(C(O)c2nc3ccc(N)cc3[nH]2)cc1. The smallest absolute Gasteiger partial charge is 0.140 e. The van der Waals surface area contributed by atoms with Gasteiger partial charge in [-0.2, -0.15) is 5.26 Å². The molecule has 5 nitrogen and oxygen atoms in total. The van der Waals surface area contributed by atoms with E-state index >= 15 is 0 Å². The molecule has 0 amide bonds. The van der Waals surface area contributed by atoms with Gasteiger partial charge in [0.1, 0.15) is 11.9 Å². The van der Waals surface area contributed by atoms with Crippen LogP contribution in [0.15, 0.2) is 42.5 Å². The molecule has 0 saturated heterocycles. The van der Waals surface area contributed by atoms with Gasteiger partial charge >= 0.3 is 0 Å². The van der Waals surface area contributed by atoms with E-state index in [0.29, 0.717) is 22.6 Å². The topological polar surface area (TPSA) is 98.7 Å². The molecular weight excluding hydrogens is 252 g/mol. The zero-order valence-electron chi connectivity index (χ0n) is 10.5. The number of benzene rings is 2. The summed E-state index contributed by atoms with van der Waals surface area (Å²) in [5.41, 5.74) is 9.12. The molecule has 0 saturated carbocycles. The predicted octanol–water partition coefficient (Wildman–Crippen LogP) is 2.10. The second-order valence-electron chi connectivity index (χ2n) is 4.53. The molecule has 0 radical (unpaired) electrons. The number of aliphatic hydroxyl groups excluding tert-OH is 1. The Morgan fingerprint density at radius 2 is 1.95 bits per heavy atom. The van der Waals surface area contributed by atoms with Crippen molar-refractivity contribution in [1.82, 2.24) is 9.97 Å². The molecule has 2 aromatic carbocycles. The van der Waals surface area contributed by atoms with Crippen LogP contribution in [0, 0.1) is 11.3 Å². The van der Waals surface area contributed by atoms with Gasteiger partial charge in [-0.15, -0.1) is 0 Å². The highest BCUT2D eigenvalue weighted by atomic mass is 16.3. The first-order chi connectivity index (χ1) is 9.67. The number of nitrogens with two attached hydrogens (primary N) is 1. The third kappa shape index (κ3) is 2.09. The van der Waals surface area contributed by atoms with Crippen molar-refractivity contribution < 1.29 is 5.11 Å². The lowest BCUT2D eigenvalue weighted by Gasteiger charge is -2.07. The Bertz CT molecular complexity index is 799. The van der Waals surface area contributed by atoms with E-state index in [1.807, 2.05) is 6.07 Å². The Morgan fingerprint density at radius 3 is 2.65 bits per heavy atom. The summed E-state index contributed by atoms with van der Waals surface area (Å²) in [6.45, 7) is 0. The normalized spacial score (nSPS) is 12.2. The summed E-state index contributed by atoms with van der Waals surface area (Å²) in [6.07, 6.45) is -0.864. The molecule has 1 aromatic heterocycles. The molecule has 3 rings (SSSR count). The first-order valence-corrected chi connectivity index (χ1v) is 6.10. The van der Waals surface area contributed by atoms with Crippen LogP contribution in [0.25, 0.3) is 11.0 Å². The van der Waals surface area contributed by atoms with Gasteiger partial charge in [0.05, 0.1) is 22.7 Å². The van der Waals surface area contributed by atoms with Gasteiger partial charge in [0.2, 0.25) is 0 Å². The summed E-state index contributed by atoms with van der Waals surface area (Å²) in [7, 11) is 0. The number of hydrogen-bond donors (Lipinski definition) is 3. The van der Waals surface area contributed by atoms with Gasteiger partial charge in [-0.3, -0.25) is 0 Å². The Kier molecular flexibility index (Phi) is 2.86. The van der Waals surface area contributed by atoms with E-state index in [9.17, 15) is 5.11 Å². The van der Waals surface area contributed by atoms with E-state index in [1.165, 1.54) is 0 Å². The number of aliphatic hydroxyl groups is 1.